The van der Waals surface area contributed by atoms with Gasteiger partial charge in [0.15, 0.2) is 5.82 Å². The van der Waals surface area contributed by atoms with Crippen molar-refractivity contribution >= 4 is 11.8 Å². The largest absolute Gasteiger partial charge is 0.439 e. The van der Waals surface area contributed by atoms with Crippen LogP contribution in [0.5, 0.6) is 11.6 Å². The maximum absolute atomic E-state index is 12.9. The van der Waals surface area contributed by atoms with Crippen LogP contribution in [0.4, 0.5) is 0 Å². The van der Waals surface area contributed by atoms with Crippen LogP contribution in [0.2, 0.25) is 0 Å². The van der Waals surface area contributed by atoms with Crippen LogP contribution in [0.3, 0.4) is 0 Å². The molecule has 2 aliphatic heterocycles. The van der Waals surface area contributed by atoms with Crippen LogP contribution in [0.1, 0.15) is 48.8 Å². The van der Waals surface area contributed by atoms with Crippen molar-refractivity contribution < 1.29 is 14.3 Å². The van der Waals surface area contributed by atoms with E-state index in [1.165, 1.54) is 0 Å². The molecule has 0 saturated carbocycles. The predicted octanol–water partition coefficient (Wildman–Crippen LogP) is 3.17. The highest BCUT2D eigenvalue weighted by atomic mass is 16.5. The molecule has 7 nitrogen and oxygen atoms in total. The maximum atomic E-state index is 12.9. The van der Waals surface area contributed by atoms with E-state index in [-0.39, 0.29) is 24.4 Å². The Hall–Kier alpha value is -2.96. The Morgan fingerprint density at radius 2 is 2.00 bits per heavy atom. The summed E-state index contributed by atoms with van der Waals surface area (Å²) in [4.78, 5) is 37.5. The smallest absolute Gasteiger partial charge is 0.242 e. The molecule has 1 aromatic carbocycles. The first-order valence-electron chi connectivity index (χ1n) is 10.2. The number of hydrogen-bond donors (Lipinski definition) is 0. The van der Waals surface area contributed by atoms with Gasteiger partial charge in [0, 0.05) is 31.3 Å². The normalized spacial score (nSPS) is 19.1. The van der Waals surface area contributed by atoms with Crippen LogP contribution in [0.15, 0.2) is 30.3 Å². The van der Waals surface area contributed by atoms with E-state index in [9.17, 15) is 9.59 Å². The van der Waals surface area contributed by atoms with Gasteiger partial charge in [-0.2, -0.15) is 4.98 Å². The number of benzene rings is 1. The van der Waals surface area contributed by atoms with Gasteiger partial charge in [-0.3, -0.25) is 9.59 Å². The number of nitrogens with zero attached hydrogens (tertiary/aromatic N) is 4. The van der Waals surface area contributed by atoms with Gasteiger partial charge in [-0.05, 0) is 44.7 Å². The zero-order valence-corrected chi connectivity index (χ0v) is 16.9. The number of aryl methyl sites for hydroxylation is 2. The summed E-state index contributed by atoms with van der Waals surface area (Å²) in [5, 5.41) is 0. The summed E-state index contributed by atoms with van der Waals surface area (Å²) in [5.74, 6) is 1.87. The molecule has 0 N–H and O–H groups in total. The van der Waals surface area contributed by atoms with E-state index < -0.39 is 0 Å². The second-order valence-electron chi connectivity index (χ2n) is 7.74. The van der Waals surface area contributed by atoms with Crippen molar-refractivity contribution in [3.63, 3.8) is 0 Å². The lowest BCUT2D eigenvalue weighted by Gasteiger charge is -2.26. The van der Waals surface area contributed by atoms with Gasteiger partial charge in [0.05, 0.1) is 12.6 Å². The highest BCUT2D eigenvalue weighted by Crippen LogP contribution is 2.32. The molecule has 1 atom stereocenters. The van der Waals surface area contributed by atoms with Crippen molar-refractivity contribution in [2.75, 3.05) is 19.6 Å². The lowest BCUT2D eigenvalue weighted by Crippen LogP contribution is -2.40. The minimum absolute atomic E-state index is 0.0331. The van der Waals surface area contributed by atoms with E-state index in [1.807, 2.05) is 43.0 Å². The molecular formula is C22H26N4O3. The minimum Gasteiger partial charge on any atom is -0.439 e. The van der Waals surface area contributed by atoms with Gasteiger partial charge >= 0.3 is 0 Å². The summed E-state index contributed by atoms with van der Waals surface area (Å²) in [6, 6.07) is 9.41. The lowest BCUT2D eigenvalue weighted by atomic mass is 10.2. The lowest BCUT2D eigenvalue weighted by molar-refractivity contribution is -0.139. The number of hydrogen-bond acceptors (Lipinski definition) is 5. The summed E-state index contributed by atoms with van der Waals surface area (Å²) in [5.41, 5.74) is 1.82. The Morgan fingerprint density at radius 1 is 1.17 bits per heavy atom. The van der Waals surface area contributed by atoms with E-state index in [4.69, 9.17) is 4.74 Å². The molecule has 152 valence electrons. The van der Waals surface area contributed by atoms with Crippen LogP contribution in [0.25, 0.3) is 0 Å². The monoisotopic (exact) mass is 394 g/mol. The number of carbonyl (C=O) groups excluding carboxylic acids is 2. The molecule has 0 radical (unpaired) electrons. The molecule has 0 spiro atoms. The third-order valence-electron chi connectivity index (χ3n) is 5.52. The maximum Gasteiger partial charge on any atom is 0.242 e. The molecule has 2 aromatic rings. The van der Waals surface area contributed by atoms with Crippen LogP contribution < -0.4 is 4.74 Å². The molecule has 0 aliphatic carbocycles. The molecule has 29 heavy (non-hydrogen) atoms. The third kappa shape index (κ3) is 4.23. The fourth-order valence-corrected chi connectivity index (χ4v) is 4.01. The molecule has 2 fully saturated rings. The summed E-state index contributed by atoms with van der Waals surface area (Å²) in [6.07, 6.45) is 3.08. The van der Waals surface area contributed by atoms with Crippen molar-refractivity contribution in [3.8, 4) is 11.6 Å². The molecule has 0 bridgehead atoms. The molecular weight excluding hydrogens is 368 g/mol. The number of rotatable bonds is 5. The molecule has 1 aromatic heterocycles. The Morgan fingerprint density at radius 3 is 2.76 bits per heavy atom. The average Bonchev–Trinajstić information content (AvgIpc) is 3.33. The van der Waals surface area contributed by atoms with Crippen molar-refractivity contribution in [2.24, 2.45) is 0 Å². The summed E-state index contributed by atoms with van der Waals surface area (Å²) in [7, 11) is 0. The zero-order valence-electron chi connectivity index (χ0n) is 16.9. The van der Waals surface area contributed by atoms with Crippen molar-refractivity contribution in [1.82, 2.24) is 19.8 Å². The molecule has 2 amide bonds. The van der Waals surface area contributed by atoms with Gasteiger partial charge in [0.2, 0.25) is 17.7 Å². The predicted molar refractivity (Wildman–Crippen MR) is 108 cm³/mol. The number of amides is 2. The van der Waals surface area contributed by atoms with Crippen molar-refractivity contribution in [3.05, 3.63) is 47.4 Å². The van der Waals surface area contributed by atoms with Crippen LogP contribution in [-0.4, -0.2) is 51.2 Å². The van der Waals surface area contributed by atoms with E-state index >= 15 is 0 Å². The number of likely N-dealkylation sites (tertiary alicyclic amines) is 2. The van der Waals surface area contributed by atoms with Gasteiger partial charge in [0.25, 0.3) is 0 Å². The second-order valence-corrected chi connectivity index (χ2v) is 7.74. The van der Waals surface area contributed by atoms with E-state index in [0.717, 1.165) is 36.3 Å². The fourth-order valence-electron chi connectivity index (χ4n) is 4.01. The fraction of sp³-hybridized carbons (Fsp3) is 0.455. The Balaban J connectivity index is 1.53. The quantitative estimate of drug-likeness (QED) is 0.779. The minimum atomic E-state index is -0.181. The standard InChI is InChI=1S/C22H26N4O3/c1-15-7-3-4-9-18(15)29-19-13-16(2)23-22(24-19)17-8-5-12-26(17)21(28)14-25-11-6-10-20(25)27/h3-4,7,9,13,17H,5-6,8,10-12,14H2,1-2H3. The number of para-hydroxylation sites is 1. The first-order chi connectivity index (χ1) is 14.0. The third-order valence-corrected chi connectivity index (χ3v) is 5.52. The molecule has 2 saturated heterocycles. The molecule has 4 rings (SSSR count). The van der Waals surface area contributed by atoms with Gasteiger partial charge < -0.3 is 14.5 Å². The topological polar surface area (TPSA) is 75.6 Å². The highest BCUT2D eigenvalue weighted by Gasteiger charge is 2.34. The molecule has 7 heteroatoms. The van der Waals surface area contributed by atoms with E-state index in [0.29, 0.717) is 31.2 Å². The van der Waals surface area contributed by atoms with E-state index in [1.54, 1.807) is 11.0 Å². The van der Waals surface area contributed by atoms with Gasteiger partial charge in [-0.1, -0.05) is 18.2 Å². The number of ether oxygens (including phenoxy) is 1. The molecule has 3 heterocycles. The Labute approximate surface area is 170 Å². The summed E-state index contributed by atoms with van der Waals surface area (Å²) >= 11 is 0. The average molecular weight is 394 g/mol. The van der Waals surface area contributed by atoms with Gasteiger partial charge in [0.1, 0.15) is 5.75 Å². The SMILES string of the molecule is Cc1cc(Oc2ccccc2C)nc(C2CCCN2C(=O)CN2CCCC2=O)n1. The number of carbonyl (C=O) groups is 2. The second kappa shape index (κ2) is 8.19. The number of aromatic nitrogens is 2. The van der Waals surface area contributed by atoms with Gasteiger partial charge in [-0.25, -0.2) is 4.98 Å². The van der Waals surface area contributed by atoms with Crippen molar-refractivity contribution in [2.45, 2.75) is 45.6 Å². The first kappa shape index (κ1) is 19.4. The van der Waals surface area contributed by atoms with Crippen LogP contribution in [0, 0.1) is 13.8 Å². The van der Waals surface area contributed by atoms with E-state index in [2.05, 4.69) is 9.97 Å². The highest BCUT2D eigenvalue weighted by molar-refractivity contribution is 5.86. The molecule has 2 aliphatic rings. The Bertz CT molecular complexity index is 930. The van der Waals surface area contributed by atoms with Crippen LogP contribution in [-0.2, 0) is 9.59 Å². The Kier molecular flexibility index (Phi) is 5.47. The summed E-state index contributed by atoms with van der Waals surface area (Å²) in [6.45, 7) is 5.37. The summed E-state index contributed by atoms with van der Waals surface area (Å²) < 4.78 is 6.00. The molecule has 1 unspecified atom stereocenters. The van der Waals surface area contributed by atoms with Crippen molar-refractivity contribution in [1.29, 1.82) is 0 Å². The zero-order chi connectivity index (χ0) is 20.4. The van der Waals surface area contributed by atoms with Crippen LogP contribution >= 0.6 is 0 Å². The first-order valence-corrected chi connectivity index (χ1v) is 10.2. The van der Waals surface area contributed by atoms with Gasteiger partial charge in [-0.15, -0.1) is 0 Å².